The highest BCUT2D eigenvalue weighted by atomic mass is 35.5. The van der Waals surface area contributed by atoms with Crippen molar-refractivity contribution in [1.29, 1.82) is 0 Å². The molecule has 1 N–H and O–H groups in total. The third kappa shape index (κ3) is 3.74. The van der Waals surface area contributed by atoms with E-state index in [2.05, 4.69) is 10.3 Å². The topological polar surface area (TPSA) is 60.5 Å². The van der Waals surface area contributed by atoms with Crippen LogP contribution in [0.25, 0.3) is 0 Å². The van der Waals surface area contributed by atoms with Crippen LogP contribution in [0.4, 0.5) is 9.52 Å². The van der Waals surface area contributed by atoms with Gasteiger partial charge in [0.25, 0.3) is 5.91 Å². The Hall–Kier alpha value is -2.64. The van der Waals surface area contributed by atoms with Gasteiger partial charge in [-0.1, -0.05) is 17.7 Å². The molecule has 0 atom stereocenters. The lowest BCUT2D eigenvalue weighted by Gasteiger charge is -2.04. The van der Waals surface area contributed by atoms with Crippen LogP contribution in [0.5, 0.6) is 11.5 Å². The summed E-state index contributed by atoms with van der Waals surface area (Å²) in [7, 11) is 0. The molecule has 0 unspecified atom stereocenters. The standard InChI is InChI=1S/C19H14ClFN2O3S/c1-10-17(7-11-2-5-15-16(6-11)26-9-25-15)27-19(22-10)23-18(24)13-4-3-12(21)8-14(13)20/h2-6,8H,7,9H2,1H3,(H,22,23,24). The number of nitrogens with one attached hydrogen (secondary N) is 1. The van der Waals surface area contributed by atoms with E-state index in [9.17, 15) is 9.18 Å². The zero-order chi connectivity index (χ0) is 19.0. The number of amides is 1. The van der Waals surface area contributed by atoms with Gasteiger partial charge in [0.1, 0.15) is 5.82 Å². The molecule has 0 bridgehead atoms. The van der Waals surface area contributed by atoms with E-state index >= 15 is 0 Å². The van der Waals surface area contributed by atoms with Gasteiger partial charge in [0.2, 0.25) is 6.79 Å². The monoisotopic (exact) mass is 404 g/mol. The van der Waals surface area contributed by atoms with Crippen LogP contribution in [-0.4, -0.2) is 17.7 Å². The fourth-order valence-corrected chi connectivity index (χ4v) is 3.96. The first-order valence-corrected chi connectivity index (χ1v) is 9.30. The number of fused-ring (bicyclic) bond motifs is 1. The minimum Gasteiger partial charge on any atom is -0.454 e. The molecule has 0 aliphatic carbocycles. The van der Waals surface area contributed by atoms with E-state index in [0.717, 1.165) is 33.7 Å². The summed E-state index contributed by atoms with van der Waals surface area (Å²) in [6, 6.07) is 9.45. The fraction of sp³-hybridized carbons (Fsp3) is 0.158. The number of aromatic nitrogens is 1. The second-order valence-electron chi connectivity index (χ2n) is 5.97. The highest BCUT2D eigenvalue weighted by Gasteiger charge is 2.17. The van der Waals surface area contributed by atoms with Gasteiger partial charge >= 0.3 is 0 Å². The van der Waals surface area contributed by atoms with Gasteiger partial charge in [0.05, 0.1) is 16.3 Å². The third-order valence-corrected chi connectivity index (χ3v) is 5.48. The average Bonchev–Trinajstić information content (AvgIpc) is 3.21. The number of halogens is 2. The van der Waals surface area contributed by atoms with E-state index in [0.29, 0.717) is 11.6 Å². The van der Waals surface area contributed by atoms with Crippen molar-refractivity contribution < 1.29 is 18.7 Å². The van der Waals surface area contributed by atoms with Crippen LogP contribution in [0.2, 0.25) is 5.02 Å². The Labute approximate surface area is 163 Å². The van der Waals surface area contributed by atoms with Gasteiger partial charge in [0.15, 0.2) is 16.6 Å². The summed E-state index contributed by atoms with van der Waals surface area (Å²) in [5.41, 5.74) is 2.09. The minimum absolute atomic E-state index is 0.0568. The number of ether oxygens (including phenoxy) is 2. The number of carbonyl (C=O) groups is 1. The summed E-state index contributed by atoms with van der Waals surface area (Å²) in [4.78, 5) is 17.8. The van der Waals surface area contributed by atoms with Crippen molar-refractivity contribution in [2.45, 2.75) is 13.3 Å². The molecule has 4 rings (SSSR count). The van der Waals surface area contributed by atoms with Crippen LogP contribution in [0.15, 0.2) is 36.4 Å². The van der Waals surface area contributed by atoms with E-state index < -0.39 is 11.7 Å². The van der Waals surface area contributed by atoms with Crippen molar-refractivity contribution in [2.24, 2.45) is 0 Å². The SMILES string of the molecule is Cc1nc(NC(=O)c2ccc(F)cc2Cl)sc1Cc1ccc2c(c1)OCO2. The Morgan fingerprint density at radius 3 is 2.89 bits per heavy atom. The summed E-state index contributed by atoms with van der Waals surface area (Å²) < 4.78 is 23.9. The molecule has 1 aliphatic heterocycles. The second kappa shape index (κ2) is 7.17. The fourth-order valence-electron chi connectivity index (χ4n) is 2.72. The Balaban J connectivity index is 1.50. The van der Waals surface area contributed by atoms with Crippen LogP contribution in [0.3, 0.4) is 0 Å². The summed E-state index contributed by atoms with van der Waals surface area (Å²) >= 11 is 7.33. The van der Waals surface area contributed by atoms with Crippen LogP contribution >= 0.6 is 22.9 Å². The Bertz CT molecular complexity index is 1040. The molecule has 0 radical (unpaired) electrons. The van der Waals surface area contributed by atoms with E-state index in [4.69, 9.17) is 21.1 Å². The Morgan fingerprint density at radius 1 is 1.26 bits per heavy atom. The number of aryl methyl sites for hydroxylation is 1. The molecular formula is C19H14ClFN2O3S. The number of nitrogens with zero attached hydrogens (tertiary/aromatic N) is 1. The van der Waals surface area contributed by atoms with Gasteiger partial charge in [-0.05, 0) is 42.8 Å². The molecule has 138 valence electrons. The van der Waals surface area contributed by atoms with E-state index in [1.54, 1.807) is 0 Å². The summed E-state index contributed by atoms with van der Waals surface area (Å²) in [5, 5.41) is 3.25. The number of benzene rings is 2. The van der Waals surface area contributed by atoms with Crippen molar-refractivity contribution in [2.75, 3.05) is 12.1 Å². The summed E-state index contributed by atoms with van der Waals surface area (Å²) in [6.45, 7) is 2.12. The van der Waals surface area contributed by atoms with Crippen LogP contribution in [0.1, 0.15) is 26.5 Å². The summed E-state index contributed by atoms with van der Waals surface area (Å²) in [6.07, 6.45) is 0.660. The maximum atomic E-state index is 13.1. The van der Waals surface area contributed by atoms with Crippen molar-refractivity contribution in [3.8, 4) is 11.5 Å². The zero-order valence-corrected chi connectivity index (χ0v) is 15.8. The van der Waals surface area contributed by atoms with Gasteiger partial charge < -0.3 is 9.47 Å². The molecule has 1 aromatic heterocycles. The van der Waals surface area contributed by atoms with E-state index in [1.807, 2.05) is 25.1 Å². The first kappa shape index (κ1) is 17.8. The average molecular weight is 405 g/mol. The van der Waals surface area contributed by atoms with Crippen molar-refractivity contribution in [3.63, 3.8) is 0 Å². The molecule has 27 heavy (non-hydrogen) atoms. The lowest BCUT2D eigenvalue weighted by atomic mass is 10.1. The predicted molar refractivity (Wildman–Crippen MR) is 102 cm³/mol. The van der Waals surface area contributed by atoms with Gasteiger partial charge in [-0.25, -0.2) is 9.37 Å². The molecule has 2 aromatic carbocycles. The minimum atomic E-state index is -0.493. The van der Waals surface area contributed by atoms with Crippen molar-refractivity contribution in [3.05, 3.63) is 68.9 Å². The number of anilines is 1. The van der Waals surface area contributed by atoms with Crippen LogP contribution < -0.4 is 14.8 Å². The number of thiazole rings is 1. The second-order valence-corrected chi connectivity index (χ2v) is 7.46. The Morgan fingerprint density at radius 2 is 2.07 bits per heavy atom. The van der Waals surface area contributed by atoms with Gasteiger partial charge in [-0.2, -0.15) is 0 Å². The van der Waals surface area contributed by atoms with Gasteiger partial charge in [-0.15, -0.1) is 11.3 Å². The molecule has 0 saturated heterocycles. The maximum absolute atomic E-state index is 13.1. The number of hydrogen-bond donors (Lipinski definition) is 1. The molecule has 2 heterocycles. The van der Waals surface area contributed by atoms with Crippen LogP contribution in [0, 0.1) is 12.7 Å². The normalized spacial score (nSPS) is 12.3. The van der Waals surface area contributed by atoms with Crippen LogP contribution in [-0.2, 0) is 6.42 Å². The molecule has 0 fully saturated rings. The zero-order valence-electron chi connectivity index (χ0n) is 14.2. The van der Waals surface area contributed by atoms with E-state index in [-0.39, 0.29) is 17.4 Å². The number of rotatable bonds is 4. The highest BCUT2D eigenvalue weighted by Crippen LogP contribution is 2.34. The van der Waals surface area contributed by atoms with Crippen molar-refractivity contribution in [1.82, 2.24) is 4.98 Å². The number of carbonyl (C=O) groups excluding carboxylic acids is 1. The smallest absolute Gasteiger partial charge is 0.258 e. The maximum Gasteiger partial charge on any atom is 0.258 e. The third-order valence-electron chi connectivity index (χ3n) is 4.09. The lowest BCUT2D eigenvalue weighted by Crippen LogP contribution is -2.12. The molecular weight excluding hydrogens is 391 g/mol. The first-order valence-electron chi connectivity index (χ1n) is 8.11. The molecule has 3 aromatic rings. The first-order chi connectivity index (χ1) is 13.0. The van der Waals surface area contributed by atoms with Gasteiger partial charge in [-0.3, -0.25) is 10.1 Å². The predicted octanol–water partition coefficient (Wildman–Crippen LogP) is 4.82. The molecule has 8 heteroatoms. The highest BCUT2D eigenvalue weighted by molar-refractivity contribution is 7.15. The molecule has 0 saturated carbocycles. The summed E-state index contributed by atoms with van der Waals surface area (Å²) in [5.74, 6) is 0.550. The number of hydrogen-bond acceptors (Lipinski definition) is 5. The molecule has 1 aliphatic rings. The van der Waals surface area contributed by atoms with Crippen molar-refractivity contribution >= 4 is 34.0 Å². The quantitative estimate of drug-likeness (QED) is 0.677. The molecule has 0 spiro atoms. The van der Waals surface area contributed by atoms with Gasteiger partial charge in [0, 0.05) is 11.3 Å². The molecule has 1 amide bonds. The molecule has 5 nitrogen and oxygen atoms in total. The van der Waals surface area contributed by atoms with E-state index in [1.165, 1.54) is 23.5 Å². The lowest BCUT2D eigenvalue weighted by molar-refractivity contribution is 0.102. The largest absolute Gasteiger partial charge is 0.454 e. The Kier molecular flexibility index (Phi) is 4.72.